The van der Waals surface area contributed by atoms with E-state index in [0.29, 0.717) is 19.0 Å². The van der Waals surface area contributed by atoms with Gasteiger partial charge in [0.1, 0.15) is 0 Å². The summed E-state index contributed by atoms with van der Waals surface area (Å²) in [5.74, 6) is -0.302. The van der Waals surface area contributed by atoms with E-state index in [9.17, 15) is 9.59 Å². The molecule has 1 aliphatic rings. The summed E-state index contributed by atoms with van der Waals surface area (Å²) >= 11 is 0. The zero-order chi connectivity index (χ0) is 15.0. The third-order valence-electron chi connectivity index (χ3n) is 4.13. The zero-order valence-electron chi connectivity index (χ0n) is 12.7. The van der Waals surface area contributed by atoms with Crippen molar-refractivity contribution in [1.82, 2.24) is 10.2 Å². The van der Waals surface area contributed by atoms with E-state index < -0.39 is 5.97 Å². The number of amides is 2. The molecule has 1 fully saturated rings. The SMILES string of the molecule is CCCCC(CC)CNC(=O)N1CCCC1CC(=O)O. The average molecular weight is 284 g/mol. The highest BCUT2D eigenvalue weighted by Gasteiger charge is 2.30. The molecule has 1 heterocycles. The van der Waals surface area contributed by atoms with E-state index in [4.69, 9.17) is 5.11 Å². The number of hydrogen-bond acceptors (Lipinski definition) is 2. The number of carboxylic acid groups (broad SMARTS) is 1. The largest absolute Gasteiger partial charge is 0.481 e. The summed E-state index contributed by atoms with van der Waals surface area (Å²) in [6.45, 7) is 5.70. The van der Waals surface area contributed by atoms with Crippen molar-refractivity contribution in [2.24, 2.45) is 5.92 Å². The number of carbonyl (C=O) groups excluding carboxylic acids is 1. The normalized spacial score (nSPS) is 19.9. The Morgan fingerprint density at radius 2 is 2.15 bits per heavy atom. The molecule has 0 aromatic carbocycles. The van der Waals surface area contributed by atoms with Gasteiger partial charge in [0, 0.05) is 19.1 Å². The number of rotatable bonds is 8. The van der Waals surface area contributed by atoms with Crippen molar-refractivity contribution < 1.29 is 14.7 Å². The highest BCUT2D eigenvalue weighted by Crippen LogP contribution is 2.20. The minimum absolute atomic E-state index is 0.0560. The van der Waals surface area contributed by atoms with E-state index in [2.05, 4.69) is 19.2 Å². The average Bonchev–Trinajstić information content (AvgIpc) is 2.86. The molecule has 0 spiro atoms. The molecule has 1 aliphatic heterocycles. The molecule has 0 aromatic heterocycles. The smallest absolute Gasteiger partial charge is 0.317 e. The van der Waals surface area contributed by atoms with Gasteiger partial charge in [-0.2, -0.15) is 0 Å². The number of carboxylic acids is 1. The van der Waals surface area contributed by atoms with E-state index in [1.807, 2.05) is 0 Å². The lowest BCUT2D eigenvalue weighted by Crippen LogP contribution is -2.44. The number of hydrogen-bond donors (Lipinski definition) is 2. The van der Waals surface area contributed by atoms with Crippen LogP contribution in [-0.2, 0) is 4.79 Å². The van der Waals surface area contributed by atoms with Crippen LogP contribution in [0.1, 0.15) is 58.8 Å². The maximum atomic E-state index is 12.2. The van der Waals surface area contributed by atoms with Crippen LogP contribution in [0.15, 0.2) is 0 Å². The molecule has 2 unspecified atom stereocenters. The first-order valence-corrected chi connectivity index (χ1v) is 7.84. The van der Waals surface area contributed by atoms with Gasteiger partial charge in [0.05, 0.1) is 6.42 Å². The second-order valence-electron chi connectivity index (χ2n) is 5.69. The molecule has 2 amide bonds. The predicted molar refractivity (Wildman–Crippen MR) is 78.7 cm³/mol. The summed E-state index contributed by atoms with van der Waals surface area (Å²) in [5, 5.41) is 11.9. The molecule has 1 saturated heterocycles. The van der Waals surface area contributed by atoms with Crippen LogP contribution in [0.25, 0.3) is 0 Å². The van der Waals surface area contributed by atoms with E-state index in [1.54, 1.807) is 4.90 Å². The number of likely N-dealkylation sites (tertiary alicyclic amines) is 1. The monoisotopic (exact) mass is 284 g/mol. The molecule has 0 saturated carbocycles. The van der Waals surface area contributed by atoms with Gasteiger partial charge < -0.3 is 15.3 Å². The maximum absolute atomic E-state index is 12.2. The molecule has 0 aromatic rings. The van der Waals surface area contributed by atoms with Crippen LogP contribution in [-0.4, -0.2) is 41.1 Å². The van der Waals surface area contributed by atoms with Crippen LogP contribution < -0.4 is 5.32 Å². The molecule has 0 radical (unpaired) electrons. The predicted octanol–water partition coefficient (Wildman–Crippen LogP) is 2.85. The molecule has 2 atom stereocenters. The Bertz CT molecular complexity index is 320. The first-order valence-electron chi connectivity index (χ1n) is 7.84. The quantitative estimate of drug-likeness (QED) is 0.720. The first-order chi connectivity index (χ1) is 9.58. The number of urea groups is 1. The summed E-state index contributed by atoms with van der Waals surface area (Å²) < 4.78 is 0. The molecule has 2 N–H and O–H groups in total. The van der Waals surface area contributed by atoms with Gasteiger partial charge in [0.25, 0.3) is 0 Å². The molecule has 5 heteroatoms. The molecule has 1 rings (SSSR count). The molecular formula is C15H28N2O3. The van der Waals surface area contributed by atoms with Gasteiger partial charge in [-0.1, -0.05) is 33.1 Å². The lowest BCUT2D eigenvalue weighted by molar-refractivity contribution is -0.137. The Labute approximate surface area is 121 Å². The maximum Gasteiger partial charge on any atom is 0.317 e. The van der Waals surface area contributed by atoms with Crippen LogP contribution in [0.3, 0.4) is 0 Å². The highest BCUT2D eigenvalue weighted by atomic mass is 16.4. The van der Waals surface area contributed by atoms with Gasteiger partial charge in [-0.05, 0) is 25.2 Å². The second-order valence-corrected chi connectivity index (χ2v) is 5.69. The summed E-state index contributed by atoms with van der Waals surface area (Å²) in [7, 11) is 0. The van der Waals surface area contributed by atoms with Crippen LogP contribution in [0.4, 0.5) is 4.79 Å². The topological polar surface area (TPSA) is 69.6 Å². The molecule has 0 aliphatic carbocycles. The van der Waals surface area contributed by atoms with Crippen molar-refractivity contribution in [2.45, 2.75) is 64.8 Å². The summed E-state index contributed by atoms with van der Waals surface area (Å²) in [4.78, 5) is 24.6. The van der Waals surface area contributed by atoms with Crippen molar-refractivity contribution in [3.63, 3.8) is 0 Å². The van der Waals surface area contributed by atoms with Gasteiger partial charge >= 0.3 is 12.0 Å². The number of nitrogens with zero attached hydrogens (tertiary/aromatic N) is 1. The van der Waals surface area contributed by atoms with Gasteiger partial charge in [0.15, 0.2) is 0 Å². The molecular weight excluding hydrogens is 256 g/mol. The molecule has 5 nitrogen and oxygen atoms in total. The van der Waals surface area contributed by atoms with E-state index in [1.165, 1.54) is 12.8 Å². The van der Waals surface area contributed by atoms with Crippen molar-refractivity contribution in [2.75, 3.05) is 13.1 Å². The Hall–Kier alpha value is -1.26. The van der Waals surface area contributed by atoms with Crippen molar-refractivity contribution in [3.8, 4) is 0 Å². The zero-order valence-corrected chi connectivity index (χ0v) is 12.7. The van der Waals surface area contributed by atoms with E-state index in [0.717, 1.165) is 25.7 Å². The Morgan fingerprint density at radius 1 is 1.40 bits per heavy atom. The Morgan fingerprint density at radius 3 is 2.75 bits per heavy atom. The van der Waals surface area contributed by atoms with Gasteiger partial charge in [-0.15, -0.1) is 0 Å². The van der Waals surface area contributed by atoms with E-state index in [-0.39, 0.29) is 18.5 Å². The fourth-order valence-corrected chi connectivity index (χ4v) is 2.79. The third-order valence-corrected chi connectivity index (χ3v) is 4.13. The number of nitrogens with one attached hydrogen (secondary N) is 1. The fourth-order valence-electron chi connectivity index (χ4n) is 2.79. The van der Waals surface area contributed by atoms with Gasteiger partial charge in [0.2, 0.25) is 0 Å². The van der Waals surface area contributed by atoms with E-state index >= 15 is 0 Å². The second kappa shape index (κ2) is 8.82. The number of unbranched alkanes of at least 4 members (excludes halogenated alkanes) is 1. The molecule has 116 valence electrons. The first kappa shape index (κ1) is 16.8. The summed E-state index contributed by atoms with van der Waals surface area (Å²) in [5.41, 5.74) is 0. The Kier molecular flexibility index (Phi) is 7.41. The number of carbonyl (C=O) groups is 2. The van der Waals surface area contributed by atoms with Crippen molar-refractivity contribution in [1.29, 1.82) is 0 Å². The van der Waals surface area contributed by atoms with Crippen LogP contribution in [0, 0.1) is 5.92 Å². The standard InChI is InChI=1S/C15H28N2O3/c1-3-5-7-12(4-2)11-16-15(20)17-9-6-8-13(17)10-14(18)19/h12-13H,3-11H2,1-2H3,(H,16,20)(H,18,19). The molecule has 20 heavy (non-hydrogen) atoms. The number of aliphatic carboxylic acids is 1. The van der Waals surface area contributed by atoms with Gasteiger partial charge in [-0.25, -0.2) is 4.79 Å². The summed E-state index contributed by atoms with van der Waals surface area (Å²) in [6.07, 6.45) is 6.34. The fraction of sp³-hybridized carbons (Fsp3) is 0.867. The van der Waals surface area contributed by atoms with Crippen LogP contribution in [0.5, 0.6) is 0 Å². The minimum atomic E-state index is -0.830. The summed E-state index contributed by atoms with van der Waals surface area (Å²) in [6, 6.07) is -0.230. The van der Waals surface area contributed by atoms with Crippen molar-refractivity contribution in [3.05, 3.63) is 0 Å². The Balaban J connectivity index is 2.38. The highest BCUT2D eigenvalue weighted by molar-refractivity contribution is 5.76. The molecule has 0 bridgehead atoms. The van der Waals surface area contributed by atoms with Crippen LogP contribution in [0.2, 0.25) is 0 Å². The third kappa shape index (κ3) is 5.39. The lowest BCUT2D eigenvalue weighted by atomic mass is 9.99. The van der Waals surface area contributed by atoms with Crippen molar-refractivity contribution >= 4 is 12.0 Å². The lowest BCUT2D eigenvalue weighted by Gasteiger charge is -2.25. The minimum Gasteiger partial charge on any atom is -0.481 e. The van der Waals surface area contributed by atoms with Gasteiger partial charge in [-0.3, -0.25) is 4.79 Å². The van der Waals surface area contributed by atoms with Crippen LogP contribution >= 0.6 is 0 Å².